The van der Waals surface area contributed by atoms with E-state index in [1.165, 1.54) is 11.1 Å². The minimum atomic E-state index is 0.00751. The van der Waals surface area contributed by atoms with E-state index in [4.69, 9.17) is 0 Å². The van der Waals surface area contributed by atoms with Gasteiger partial charge in [-0.15, -0.1) is 0 Å². The predicted octanol–water partition coefficient (Wildman–Crippen LogP) is 1.78. The smallest absolute Gasteiger partial charge is 0.238 e. The molecule has 0 saturated carbocycles. The quantitative estimate of drug-likeness (QED) is 0.737. The molecule has 0 radical (unpaired) electrons. The average Bonchev–Trinajstić information content (AvgIpc) is 2.33. The van der Waals surface area contributed by atoms with Crippen molar-refractivity contribution in [3.63, 3.8) is 0 Å². The van der Waals surface area contributed by atoms with E-state index in [1.807, 2.05) is 39.2 Å². The fraction of sp³-hybridized carbons (Fsp3) is 0.533. The lowest BCUT2D eigenvalue weighted by Crippen LogP contribution is -2.30. The molecule has 1 aromatic rings. The third-order valence-corrected chi connectivity index (χ3v) is 3.04. The summed E-state index contributed by atoms with van der Waals surface area (Å²) < 4.78 is 0. The fourth-order valence-corrected chi connectivity index (χ4v) is 1.75. The number of hydrogen-bond acceptors (Lipinski definition) is 3. The van der Waals surface area contributed by atoms with E-state index in [0.717, 1.165) is 25.2 Å². The Balaban J connectivity index is 2.25. The van der Waals surface area contributed by atoms with Crippen LogP contribution in [0.3, 0.4) is 0 Å². The van der Waals surface area contributed by atoms with Crippen LogP contribution in [-0.4, -0.2) is 44.5 Å². The first-order valence-electron chi connectivity index (χ1n) is 6.71. The molecule has 0 atom stereocenters. The second-order valence-electron chi connectivity index (χ2n) is 5.18. The average molecular weight is 263 g/mol. The summed E-state index contributed by atoms with van der Waals surface area (Å²) >= 11 is 0. The van der Waals surface area contributed by atoms with E-state index in [2.05, 4.69) is 22.5 Å². The maximum atomic E-state index is 11.7. The second-order valence-corrected chi connectivity index (χ2v) is 5.18. The number of carbonyl (C=O) groups excluding carboxylic acids is 1. The van der Waals surface area contributed by atoms with Crippen LogP contribution in [0, 0.1) is 13.8 Å². The Morgan fingerprint density at radius 2 is 1.95 bits per heavy atom. The lowest BCUT2D eigenvalue weighted by molar-refractivity contribution is -0.115. The van der Waals surface area contributed by atoms with Gasteiger partial charge in [-0.25, -0.2) is 0 Å². The Morgan fingerprint density at radius 3 is 2.58 bits per heavy atom. The zero-order valence-electron chi connectivity index (χ0n) is 12.4. The molecule has 19 heavy (non-hydrogen) atoms. The van der Waals surface area contributed by atoms with Gasteiger partial charge in [-0.3, -0.25) is 4.79 Å². The van der Waals surface area contributed by atoms with Crippen molar-refractivity contribution in [3.05, 3.63) is 29.3 Å². The summed E-state index contributed by atoms with van der Waals surface area (Å²) in [5.41, 5.74) is 3.29. The number of rotatable bonds is 7. The maximum absolute atomic E-state index is 11.7. The van der Waals surface area contributed by atoms with Gasteiger partial charge in [-0.2, -0.15) is 0 Å². The Bertz CT molecular complexity index is 416. The first-order valence-corrected chi connectivity index (χ1v) is 6.71. The van der Waals surface area contributed by atoms with Gasteiger partial charge in [0, 0.05) is 5.69 Å². The largest absolute Gasteiger partial charge is 0.325 e. The highest BCUT2D eigenvalue weighted by Crippen LogP contribution is 2.13. The number of hydrogen-bond donors (Lipinski definition) is 2. The zero-order chi connectivity index (χ0) is 14.3. The minimum absolute atomic E-state index is 0.00751. The molecular formula is C15H25N3O. The van der Waals surface area contributed by atoms with Crippen molar-refractivity contribution in [1.29, 1.82) is 0 Å². The van der Waals surface area contributed by atoms with Crippen molar-refractivity contribution in [2.75, 3.05) is 39.0 Å². The summed E-state index contributed by atoms with van der Waals surface area (Å²) in [6.45, 7) is 6.36. The summed E-state index contributed by atoms with van der Waals surface area (Å²) in [6.07, 6.45) is 1.05. The highest BCUT2D eigenvalue weighted by Gasteiger charge is 2.02. The van der Waals surface area contributed by atoms with E-state index in [-0.39, 0.29) is 5.91 Å². The van der Waals surface area contributed by atoms with E-state index in [0.29, 0.717) is 6.54 Å². The standard InChI is InChI=1S/C15H25N3O/c1-12-6-7-14(10-13(12)2)17-15(19)11-16-8-5-9-18(3)4/h6-7,10,16H,5,8-9,11H2,1-4H3,(H,17,19). The van der Waals surface area contributed by atoms with Crippen LogP contribution in [0.4, 0.5) is 5.69 Å². The van der Waals surface area contributed by atoms with Gasteiger partial charge in [0.05, 0.1) is 6.54 Å². The van der Waals surface area contributed by atoms with Gasteiger partial charge >= 0.3 is 0 Å². The Morgan fingerprint density at radius 1 is 1.21 bits per heavy atom. The Kier molecular flexibility index (Phi) is 6.53. The summed E-state index contributed by atoms with van der Waals surface area (Å²) in [6, 6.07) is 5.96. The first kappa shape index (κ1) is 15.7. The molecule has 0 bridgehead atoms. The number of nitrogens with one attached hydrogen (secondary N) is 2. The zero-order valence-corrected chi connectivity index (χ0v) is 12.4. The van der Waals surface area contributed by atoms with Crippen LogP contribution in [-0.2, 0) is 4.79 Å². The van der Waals surface area contributed by atoms with Gasteiger partial charge in [0.1, 0.15) is 0 Å². The van der Waals surface area contributed by atoms with E-state index < -0.39 is 0 Å². The highest BCUT2D eigenvalue weighted by atomic mass is 16.1. The first-order chi connectivity index (χ1) is 8.99. The van der Waals surface area contributed by atoms with Gasteiger partial charge in [0.25, 0.3) is 0 Å². The van der Waals surface area contributed by atoms with Crippen molar-refractivity contribution >= 4 is 11.6 Å². The number of amides is 1. The molecule has 0 heterocycles. The van der Waals surface area contributed by atoms with Crippen LogP contribution >= 0.6 is 0 Å². The number of benzene rings is 1. The second kappa shape index (κ2) is 7.92. The van der Waals surface area contributed by atoms with Crippen LogP contribution < -0.4 is 10.6 Å². The number of anilines is 1. The third kappa shape index (κ3) is 6.36. The Hall–Kier alpha value is -1.39. The lowest BCUT2D eigenvalue weighted by Gasteiger charge is -2.10. The molecule has 4 nitrogen and oxygen atoms in total. The topological polar surface area (TPSA) is 44.4 Å². The summed E-state index contributed by atoms with van der Waals surface area (Å²) in [5, 5.41) is 6.05. The number of nitrogens with zero attached hydrogens (tertiary/aromatic N) is 1. The van der Waals surface area contributed by atoms with Gasteiger partial charge in [-0.1, -0.05) is 6.07 Å². The van der Waals surface area contributed by atoms with Gasteiger partial charge < -0.3 is 15.5 Å². The molecule has 0 saturated heterocycles. The molecule has 0 aliphatic heterocycles. The molecule has 0 aromatic heterocycles. The summed E-state index contributed by atoms with van der Waals surface area (Å²) in [7, 11) is 4.10. The van der Waals surface area contributed by atoms with Crippen LogP contribution in [0.5, 0.6) is 0 Å². The summed E-state index contributed by atoms with van der Waals surface area (Å²) in [5.74, 6) is 0.00751. The molecule has 1 rings (SSSR count). The van der Waals surface area contributed by atoms with E-state index >= 15 is 0 Å². The van der Waals surface area contributed by atoms with E-state index in [1.54, 1.807) is 0 Å². The van der Waals surface area contributed by atoms with Crippen LogP contribution in [0.1, 0.15) is 17.5 Å². The van der Waals surface area contributed by atoms with Crippen molar-refractivity contribution in [2.24, 2.45) is 0 Å². The number of carbonyl (C=O) groups is 1. The van der Waals surface area contributed by atoms with Crippen LogP contribution in [0.2, 0.25) is 0 Å². The van der Waals surface area contributed by atoms with Crippen molar-refractivity contribution in [2.45, 2.75) is 20.3 Å². The fourth-order valence-electron chi connectivity index (χ4n) is 1.75. The lowest BCUT2D eigenvalue weighted by atomic mass is 10.1. The van der Waals surface area contributed by atoms with Gasteiger partial charge in [-0.05, 0) is 70.7 Å². The molecule has 0 aliphatic rings. The highest BCUT2D eigenvalue weighted by molar-refractivity contribution is 5.92. The normalized spacial score (nSPS) is 10.8. The minimum Gasteiger partial charge on any atom is -0.325 e. The van der Waals surface area contributed by atoms with E-state index in [9.17, 15) is 4.79 Å². The molecular weight excluding hydrogens is 238 g/mol. The predicted molar refractivity (Wildman–Crippen MR) is 80.6 cm³/mol. The Labute approximate surface area is 116 Å². The molecule has 0 spiro atoms. The molecule has 0 unspecified atom stereocenters. The maximum Gasteiger partial charge on any atom is 0.238 e. The SMILES string of the molecule is Cc1ccc(NC(=O)CNCCCN(C)C)cc1C. The molecule has 4 heteroatoms. The van der Waals surface area contributed by atoms with Crippen molar-refractivity contribution in [1.82, 2.24) is 10.2 Å². The monoisotopic (exact) mass is 263 g/mol. The molecule has 106 valence electrons. The third-order valence-electron chi connectivity index (χ3n) is 3.04. The van der Waals surface area contributed by atoms with Gasteiger partial charge in [0.2, 0.25) is 5.91 Å². The van der Waals surface area contributed by atoms with Crippen molar-refractivity contribution in [3.8, 4) is 0 Å². The molecule has 0 aliphatic carbocycles. The molecule has 2 N–H and O–H groups in total. The molecule has 1 aromatic carbocycles. The van der Waals surface area contributed by atoms with Gasteiger partial charge in [0.15, 0.2) is 0 Å². The van der Waals surface area contributed by atoms with Crippen molar-refractivity contribution < 1.29 is 4.79 Å². The van der Waals surface area contributed by atoms with Crippen LogP contribution in [0.25, 0.3) is 0 Å². The molecule has 0 fully saturated rings. The summed E-state index contributed by atoms with van der Waals surface area (Å²) in [4.78, 5) is 13.9. The van der Waals surface area contributed by atoms with Crippen LogP contribution in [0.15, 0.2) is 18.2 Å². The molecule has 1 amide bonds. The number of aryl methyl sites for hydroxylation is 2.